The molecule has 1 aromatic heterocycles. The van der Waals surface area contributed by atoms with Gasteiger partial charge in [0.25, 0.3) is 5.56 Å². The first-order valence-electron chi connectivity index (χ1n) is 13.4. The van der Waals surface area contributed by atoms with Crippen LogP contribution in [0.25, 0.3) is 10.9 Å². The summed E-state index contributed by atoms with van der Waals surface area (Å²) in [6.45, 7) is 5.36. The highest BCUT2D eigenvalue weighted by Gasteiger charge is 2.19. The minimum Gasteiger partial charge on any atom is -0.494 e. The summed E-state index contributed by atoms with van der Waals surface area (Å²) < 4.78 is 12.5. The van der Waals surface area contributed by atoms with E-state index in [0.717, 1.165) is 66.8 Å². The number of carbonyl (C=O) groups is 1. The minimum absolute atomic E-state index is 0.0854. The SMILES string of the molecule is O=C(OCc1ccccc1)n1c(=O)ccc2ccc(OCCCCN3CCN(c4cccc(Cl)c4Cl)CC3)cc21. The molecule has 1 fully saturated rings. The van der Waals surface area contributed by atoms with E-state index in [9.17, 15) is 9.59 Å². The van der Waals surface area contributed by atoms with Gasteiger partial charge in [0, 0.05) is 38.3 Å². The molecule has 1 saturated heterocycles. The quantitative estimate of drug-likeness (QED) is 0.212. The molecular weight excluding hydrogens is 549 g/mol. The zero-order valence-corrected chi connectivity index (χ0v) is 23.6. The van der Waals surface area contributed by atoms with Crippen molar-refractivity contribution in [3.05, 3.63) is 105 Å². The Morgan fingerprint density at radius 1 is 0.850 bits per heavy atom. The second-order valence-corrected chi connectivity index (χ2v) is 10.5. The van der Waals surface area contributed by atoms with Gasteiger partial charge in [-0.25, -0.2) is 9.36 Å². The van der Waals surface area contributed by atoms with E-state index in [0.29, 0.717) is 27.9 Å². The molecule has 4 aromatic rings. The van der Waals surface area contributed by atoms with E-state index < -0.39 is 11.7 Å². The van der Waals surface area contributed by atoms with Crippen LogP contribution < -0.4 is 15.2 Å². The molecule has 0 saturated carbocycles. The summed E-state index contributed by atoms with van der Waals surface area (Å²) in [4.78, 5) is 30.1. The predicted molar refractivity (Wildman–Crippen MR) is 160 cm³/mol. The Hall–Kier alpha value is -3.52. The molecule has 2 heterocycles. The van der Waals surface area contributed by atoms with Crippen LogP contribution in [0.5, 0.6) is 5.75 Å². The molecule has 1 aliphatic rings. The van der Waals surface area contributed by atoms with E-state index in [4.69, 9.17) is 32.7 Å². The van der Waals surface area contributed by atoms with E-state index in [1.54, 1.807) is 12.1 Å². The van der Waals surface area contributed by atoms with Crippen LogP contribution >= 0.6 is 23.2 Å². The summed E-state index contributed by atoms with van der Waals surface area (Å²) in [5.41, 5.74) is 1.86. The molecule has 0 radical (unpaired) electrons. The lowest BCUT2D eigenvalue weighted by atomic mass is 10.2. The molecule has 0 atom stereocenters. The van der Waals surface area contributed by atoms with E-state index >= 15 is 0 Å². The summed E-state index contributed by atoms with van der Waals surface area (Å²) in [6, 6.07) is 23.6. The number of carbonyl (C=O) groups excluding carboxylic acids is 1. The van der Waals surface area contributed by atoms with E-state index in [1.807, 2.05) is 60.7 Å². The van der Waals surface area contributed by atoms with Crippen molar-refractivity contribution < 1.29 is 14.3 Å². The van der Waals surface area contributed by atoms with Crippen LogP contribution in [0.15, 0.2) is 83.7 Å². The van der Waals surface area contributed by atoms with Crippen LogP contribution in [0.4, 0.5) is 10.5 Å². The van der Waals surface area contributed by atoms with Gasteiger partial charge < -0.3 is 14.4 Å². The maximum Gasteiger partial charge on any atom is 0.421 e. The Balaban J connectivity index is 1.11. The third kappa shape index (κ3) is 6.78. The highest BCUT2D eigenvalue weighted by Crippen LogP contribution is 2.33. The predicted octanol–water partition coefficient (Wildman–Crippen LogP) is 6.47. The van der Waals surface area contributed by atoms with Crippen LogP contribution in [0, 0.1) is 0 Å². The van der Waals surface area contributed by atoms with Crippen LogP contribution in [-0.4, -0.2) is 54.9 Å². The average Bonchev–Trinajstić information content (AvgIpc) is 2.98. The third-order valence-corrected chi connectivity index (χ3v) is 7.85. The largest absolute Gasteiger partial charge is 0.494 e. The van der Waals surface area contributed by atoms with Crippen molar-refractivity contribution >= 4 is 45.9 Å². The van der Waals surface area contributed by atoms with Gasteiger partial charge in [0.2, 0.25) is 0 Å². The van der Waals surface area contributed by atoms with Gasteiger partial charge in [-0.1, -0.05) is 59.6 Å². The lowest BCUT2D eigenvalue weighted by Gasteiger charge is -2.36. The van der Waals surface area contributed by atoms with Crippen molar-refractivity contribution in [3.63, 3.8) is 0 Å². The maximum atomic E-state index is 12.8. The summed E-state index contributed by atoms with van der Waals surface area (Å²) >= 11 is 12.6. The second-order valence-electron chi connectivity index (χ2n) is 9.72. The number of pyridine rings is 1. The van der Waals surface area contributed by atoms with E-state index in [2.05, 4.69) is 9.80 Å². The van der Waals surface area contributed by atoms with Gasteiger partial charge in [-0.3, -0.25) is 9.69 Å². The summed E-state index contributed by atoms with van der Waals surface area (Å²) in [5.74, 6) is 0.606. The normalized spacial score (nSPS) is 13.9. The molecular formula is C31H31Cl2N3O4. The smallest absolute Gasteiger partial charge is 0.421 e. The number of hydrogen-bond acceptors (Lipinski definition) is 6. The Morgan fingerprint density at radius 2 is 1.62 bits per heavy atom. The molecule has 5 rings (SSSR count). The Bertz CT molecular complexity index is 1520. The average molecular weight is 581 g/mol. The second kappa shape index (κ2) is 13.2. The minimum atomic E-state index is -0.714. The fourth-order valence-electron chi connectivity index (χ4n) is 4.85. The van der Waals surface area contributed by atoms with E-state index in [-0.39, 0.29) is 6.61 Å². The Labute approximate surface area is 243 Å². The number of halogens is 2. The number of hydrogen-bond donors (Lipinski definition) is 0. The third-order valence-electron chi connectivity index (χ3n) is 7.04. The first-order valence-corrected chi connectivity index (χ1v) is 14.2. The molecule has 208 valence electrons. The number of anilines is 1. The number of rotatable bonds is 9. The first-order chi connectivity index (χ1) is 19.5. The number of piperazine rings is 1. The van der Waals surface area contributed by atoms with Gasteiger partial charge in [-0.15, -0.1) is 0 Å². The van der Waals surface area contributed by atoms with Crippen molar-refractivity contribution in [1.82, 2.24) is 9.47 Å². The van der Waals surface area contributed by atoms with Gasteiger partial charge in [0.15, 0.2) is 0 Å². The van der Waals surface area contributed by atoms with Gasteiger partial charge >= 0.3 is 6.09 Å². The van der Waals surface area contributed by atoms with Crippen LogP contribution in [0.3, 0.4) is 0 Å². The fraction of sp³-hybridized carbons (Fsp3) is 0.290. The highest BCUT2D eigenvalue weighted by atomic mass is 35.5. The maximum absolute atomic E-state index is 12.8. The molecule has 1 aliphatic heterocycles. The van der Waals surface area contributed by atoms with Crippen molar-refractivity contribution in [2.45, 2.75) is 19.4 Å². The zero-order chi connectivity index (χ0) is 27.9. The molecule has 9 heteroatoms. The molecule has 3 aromatic carbocycles. The molecule has 0 aliphatic carbocycles. The van der Waals surface area contributed by atoms with Crippen molar-refractivity contribution in [2.75, 3.05) is 44.2 Å². The van der Waals surface area contributed by atoms with Crippen molar-refractivity contribution in [2.24, 2.45) is 0 Å². The molecule has 7 nitrogen and oxygen atoms in total. The summed E-state index contributed by atoms with van der Waals surface area (Å²) in [7, 11) is 0. The Kier molecular flexibility index (Phi) is 9.26. The fourth-order valence-corrected chi connectivity index (χ4v) is 5.27. The molecule has 0 unspecified atom stereocenters. The topological polar surface area (TPSA) is 64.0 Å². The molecule has 0 N–H and O–H groups in total. The lowest BCUT2D eigenvalue weighted by molar-refractivity contribution is 0.141. The molecule has 0 bridgehead atoms. The monoisotopic (exact) mass is 579 g/mol. The number of benzene rings is 3. The number of nitrogens with zero attached hydrogens (tertiary/aromatic N) is 3. The van der Waals surface area contributed by atoms with Crippen LogP contribution in [0.1, 0.15) is 18.4 Å². The number of ether oxygens (including phenoxy) is 2. The highest BCUT2D eigenvalue weighted by molar-refractivity contribution is 6.43. The molecule has 0 amide bonds. The standard InChI is InChI=1S/C31H31Cl2N3O4/c32-26-9-6-10-27(30(26)33)35-18-16-34(17-19-35)15-4-5-20-39-25-13-11-24-12-14-29(37)36(28(24)21-25)31(38)40-22-23-7-2-1-3-8-23/h1-3,6-14,21H,4-5,15-20,22H2. The van der Waals surface area contributed by atoms with Gasteiger partial charge in [0.1, 0.15) is 12.4 Å². The summed E-state index contributed by atoms with van der Waals surface area (Å²) in [5, 5.41) is 1.95. The first kappa shape index (κ1) is 28.0. The van der Waals surface area contributed by atoms with E-state index in [1.165, 1.54) is 6.07 Å². The lowest BCUT2D eigenvalue weighted by Crippen LogP contribution is -2.46. The van der Waals surface area contributed by atoms with Crippen LogP contribution in [0.2, 0.25) is 10.0 Å². The molecule has 0 spiro atoms. The number of aromatic nitrogens is 1. The molecule has 40 heavy (non-hydrogen) atoms. The number of unbranched alkanes of at least 4 members (excludes halogenated alkanes) is 1. The van der Waals surface area contributed by atoms with Gasteiger partial charge in [-0.05, 0) is 60.7 Å². The van der Waals surface area contributed by atoms with Crippen molar-refractivity contribution in [1.29, 1.82) is 0 Å². The van der Waals surface area contributed by atoms with Gasteiger partial charge in [0.05, 0.1) is 27.9 Å². The van der Waals surface area contributed by atoms with Crippen LogP contribution in [-0.2, 0) is 11.3 Å². The van der Waals surface area contributed by atoms with Crippen molar-refractivity contribution in [3.8, 4) is 5.75 Å². The zero-order valence-electron chi connectivity index (χ0n) is 22.1. The van der Waals surface area contributed by atoms with Gasteiger partial charge in [-0.2, -0.15) is 0 Å². The summed E-state index contributed by atoms with van der Waals surface area (Å²) in [6.07, 6.45) is 1.18. The Morgan fingerprint density at radius 3 is 2.42 bits per heavy atom. The number of fused-ring (bicyclic) bond motifs is 1.